The maximum Gasteiger partial charge on any atom is 0.295 e. The van der Waals surface area contributed by atoms with E-state index in [-0.39, 0.29) is 28.5 Å². The number of thioether (sulfide) groups is 1. The molecular weight excluding hydrogens is 422 g/mol. The number of aromatic nitrogens is 4. The van der Waals surface area contributed by atoms with Crippen LogP contribution in [0.1, 0.15) is 11.3 Å². The molecule has 0 saturated carbocycles. The number of carbonyl (C=O) groups is 1. The van der Waals surface area contributed by atoms with Crippen LogP contribution in [0.15, 0.2) is 50.5 Å². The number of para-hydroxylation sites is 1. The number of rotatable bonds is 5. The molecule has 0 unspecified atom stereocenters. The van der Waals surface area contributed by atoms with Gasteiger partial charge in [-0.1, -0.05) is 30.0 Å². The normalized spacial score (nSPS) is 11.2. The van der Waals surface area contributed by atoms with Crippen molar-refractivity contribution in [3.05, 3.63) is 67.7 Å². The Morgan fingerprint density at radius 2 is 1.97 bits per heavy atom. The lowest BCUT2D eigenvalue weighted by Gasteiger charge is -2.07. The molecule has 30 heavy (non-hydrogen) atoms. The minimum absolute atomic E-state index is 0.0118. The number of H-pyrrole nitrogens is 1. The predicted octanol–water partition coefficient (Wildman–Crippen LogP) is 2.82. The number of nitrogens with zero attached hydrogens (tertiary/aromatic N) is 3. The van der Waals surface area contributed by atoms with Crippen molar-refractivity contribution in [3.8, 4) is 5.69 Å². The van der Waals surface area contributed by atoms with Crippen LogP contribution in [0.5, 0.6) is 0 Å². The molecule has 0 aliphatic heterocycles. The van der Waals surface area contributed by atoms with Crippen molar-refractivity contribution in [2.45, 2.75) is 19.0 Å². The maximum absolute atomic E-state index is 12.9. The third-order valence-corrected chi connectivity index (χ3v) is 6.63. The van der Waals surface area contributed by atoms with Gasteiger partial charge < -0.3 is 10.3 Å². The number of thiophene rings is 1. The molecule has 0 saturated heterocycles. The molecule has 0 radical (unpaired) electrons. The second-order valence-corrected chi connectivity index (χ2v) is 8.57. The first kappa shape index (κ1) is 20.2. The van der Waals surface area contributed by atoms with Crippen molar-refractivity contribution in [3.63, 3.8) is 0 Å². The highest BCUT2D eigenvalue weighted by Crippen LogP contribution is 2.22. The van der Waals surface area contributed by atoms with Gasteiger partial charge in [0.2, 0.25) is 5.91 Å². The van der Waals surface area contributed by atoms with E-state index in [1.807, 2.05) is 42.6 Å². The lowest BCUT2D eigenvalue weighted by molar-refractivity contribution is -0.113. The van der Waals surface area contributed by atoms with Crippen LogP contribution in [0.4, 0.5) is 5.69 Å². The van der Waals surface area contributed by atoms with Gasteiger partial charge in [0, 0.05) is 7.05 Å². The highest BCUT2D eigenvalue weighted by molar-refractivity contribution is 7.99. The Kier molecular flexibility index (Phi) is 5.35. The van der Waals surface area contributed by atoms with Crippen LogP contribution in [0.25, 0.3) is 15.9 Å². The monoisotopic (exact) mass is 441 g/mol. The summed E-state index contributed by atoms with van der Waals surface area (Å²) < 4.78 is 3.21. The first-order valence-corrected chi connectivity index (χ1v) is 11.0. The third-order valence-electron chi connectivity index (χ3n) is 4.76. The van der Waals surface area contributed by atoms with Crippen LogP contribution < -0.4 is 16.4 Å². The van der Waals surface area contributed by atoms with Gasteiger partial charge in [0.1, 0.15) is 10.5 Å². The minimum atomic E-state index is -0.351. The van der Waals surface area contributed by atoms with Crippen molar-refractivity contribution in [1.82, 2.24) is 19.3 Å². The summed E-state index contributed by atoms with van der Waals surface area (Å²) in [6.45, 7) is 3.64. The summed E-state index contributed by atoms with van der Waals surface area (Å²) in [6.07, 6.45) is 0. The van der Waals surface area contributed by atoms with Crippen LogP contribution in [0.2, 0.25) is 0 Å². The quantitative estimate of drug-likeness (QED) is 0.366. The number of fused-ring (bicyclic) bond motifs is 1. The average molecular weight is 442 g/mol. The zero-order chi connectivity index (χ0) is 21.4. The van der Waals surface area contributed by atoms with Gasteiger partial charge in [-0.25, -0.2) is 9.67 Å². The second kappa shape index (κ2) is 7.96. The number of hydrogen-bond donors (Lipinski definition) is 2. The predicted molar refractivity (Wildman–Crippen MR) is 120 cm³/mol. The molecule has 1 amide bonds. The number of hydrogen-bond acceptors (Lipinski definition) is 6. The highest BCUT2D eigenvalue weighted by Gasteiger charge is 2.18. The molecule has 0 aliphatic rings. The molecule has 1 aromatic carbocycles. The SMILES string of the molecule is Cc1csc2nc(SCC(=O)Nc3c(C)n(C)n(-c4ccccc4)c3=O)[nH]c(=O)c12. The first-order chi connectivity index (χ1) is 14.4. The van der Waals surface area contributed by atoms with Crippen LogP contribution in [-0.4, -0.2) is 31.0 Å². The van der Waals surface area contributed by atoms with Gasteiger partial charge in [0.15, 0.2) is 5.16 Å². The van der Waals surface area contributed by atoms with Crippen LogP contribution >= 0.6 is 23.1 Å². The van der Waals surface area contributed by atoms with Gasteiger partial charge in [-0.2, -0.15) is 0 Å². The molecule has 10 heteroatoms. The van der Waals surface area contributed by atoms with E-state index in [1.54, 1.807) is 18.7 Å². The van der Waals surface area contributed by atoms with E-state index in [9.17, 15) is 14.4 Å². The molecule has 0 bridgehead atoms. The van der Waals surface area contributed by atoms with Crippen molar-refractivity contribution in [2.24, 2.45) is 7.05 Å². The summed E-state index contributed by atoms with van der Waals surface area (Å²) in [7, 11) is 1.76. The van der Waals surface area contributed by atoms with E-state index >= 15 is 0 Å². The number of nitrogens with one attached hydrogen (secondary N) is 2. The Labute approximate surface area is 179 Å². The topological polar surface area (TPSA) is 102 Å². The summed E-state index contributed by atoms with van der Waals surface area (Å²) in [4.78, 5) is 45.4. The first-order valence-electron chi connectivity index (χ1n) is 9.11. The fraction of sp³-hybridized carbons (Fsp3) is 0.200. The Hall–Kier alpha value is -3.11. The summed E-state index contributed by atoms with van der Waals surface area (Å²) in [6, 6.07) is 9.22. The third kappa shape index (κ3) is 3.59. The van der Waals surface area contributed by atoms with Gasteiger partial charge in [0.25, 0.3) is 11.1 Å². The van der Waals surface area contributed by atoms with Crippen molar-refractivity contribution >= 4 is 44.9 Å². The van der Waals surface area contributed by atoms with Gasteiger partial charge in [0.05, 0.1) is 22.5 Å². The van der Waals surface area contributed by atoms with Gasteiger partial charge in [-0.3, -0.25) is 19.1 Å². The molecule has 2 N–H and O–H groups in total. The summed E-state index contributed by atoms with van der Waals surface area (Å²) in [5.41, 5.74) is 1.95. The maximum atomic E-state index is 12.9. The Balaban J connectivity index is 1.53. The minimum Gasteiger partial charge on any atom is -0.319 e. The molecule has 8 nitrogen and oxygen atoms in total. The molecule has 154 valence electrons. The lowest BCUT2D eigenvalue weighted by atomic mass is 10.3. The summed E-state index contributed by atoms with van der Waals surface area (Å²) >= 11 is 2.51. The van der Waals surface area contributed by atoms with Gasteiger partial charge in [-0.15, -0.1) is 11.3 Å². The van der Waals surface area contributed by atoms with E-state index in [1.165, 1.54) is 16.0 Å². The molecule has 4 rings (SSSR count). The molecule has 0 fully saturated rings. The molecule has 3 heterocycles. The van der Waals surface area contributed by atoms with Crippen molar-refractivity contribution in [1.29, 1.82) is 0 Å². The van der Waals surface area contributed by atoms with E-state index in [0.29, 0.717) is 26.8 Å². The van der Waals surface area contributed by atoms with Gasteiger partial charge >= 0.3 is 0 Å². The van der Waals surface area contributed by atoms with Crippen LogP contribution in [0.3, 0.4) is 0 Å². The zero-order valence-electron chi connectivity index (χ0n) is 16.6. The number of anilines is 1. The van der Waals surface area contributed by atoms with Crippen LogP contribution in [0, 0.1) is 13.8 Å². The van der Waals surface area contributed by atoms with Crippen LogP contribution in [-0.2, 0) is 11.8 Å². The van der Waals surface area contributed by atoms with E-state index < -0.39 is 0 Å². The molecule has 4 aromatic rings. The Bertz CT molecular complexity index is 1370. The Morgan fingerprint density at radius 1 is 1.23 bits per heavy atom. The Morgan fingerprint density at radius 3 is 2.70 bits per heavy atom. The number of aryl methyl sites for hydroxylation is 1. The molecular formula is C20H19N5O3S2. The largest absolute Gasteiger partial charge is 0.319 e. The molecule has 0 spiro atoms. The highest BCUT2D eigenvalue weighted by atomic mass is 32.2. The van der Waals surface area contributed by atoms with E-state index in [4.69, 9.17) is 0 Å². The molecule has 0 atom stereocenters. The number of amides is 1. The van der Waals surface area contributed by atoms with Crippen molar-refractivity contribution < 1.29 is 4.79 Å². The zero-order valence-corrected chi connectivity index (χ0v) is 18.2. The van der Waals surface area contributed by atoms with E-state index in [2.05, 4.69) is 15.3 Å². The summed E-state index contributed by atoms with van der Waals surface area (Å²) in [5, 5.41) is 5.53. The van der Waals surface area contributed by atoms with Crippen molar-refractivity contribution in [2.75, 3.05) is 11.1 Å². The van der Waals surface area contributed by atoms with Gasteiger partial charge in [-0.05, 0) is 36.9 Å². The number of benzene rings is 1. The standard InChI is InChI=1S/C20H19N5O3S2/c1-11-9-29-18-15(11)17(27)22-20(23-18)30-10-14(26)21-16-12(2)24(3)25(19(16)28)13-7-5-4-6-8-13/h4-9H,10H2,1-3H3,(H,21,26)(H,22,23,27). The lowest BCUT2D eigenvalue weighted by Crippen LogP contribution is -2.23. The second-order valence-electron chi connectivity index (χ2n) is 6.74. The number of aromatic amines is 1. The fourth-order valence-corrected chi connectivity index (χ4v) is 4.80. The molecule has 3 aromatic heterocycles. The average Bonchev–Trinajstić information content (AvgIpc) is 3.20. The molecule has 0 aliphatic carbocycles. The fourth-order valence-electron chi connectivity index (χ4n) is 3.16. The number of carbonyl (C=O) groups excluding carboxylic acids is 1. The summed E-state index contributed by atoms with van der Waals surface area (Å²) in [5.74, 6) is -0.339. The smallest absolute Gasteiger partial charge is 0.295 e. The van der Waals surface area contributed by atoms with E-state index in [0.717, 1.165) is 17.3 Å².